The lowest BCUT2D eigenvalue weighted by molar-refractivity contribution is -0.209. The quantitative estimate of drug-likeness (QED) is 0.852. The molecule has 22 heavy (non-hydrogen) atoms. The zero-order valence-corrected chi connectivity index (χ0v) is 12.2. The fourth-order valence-corrected chi connectivity index (χ4v) is 3.00. The van der Waals surface area contributed by atoms with Crippen LogP contribution in [0.15, 0.2) is 12.1 Å². The molecule has 0 radical (unpaired) electrons. The van der Waals surface area contributed by atoms with E-state index in [1.165, 1.54) is 24.0 Å². The molecular formula is C15H16F4N2O. The Kier molecular flexibility index (Phi) is 4.34. The van der Waals surface area contributed by atoms with Crippen LogP contribution in [0, 0.1) is 24.1 Å². The van der Waals surface area contributed by atoms with Crippen LogP contribution in [-0.4, -0.2) is 29.5 Å². The van der Waals surface area contributed by atoms with Gasteiger partial charge in [-0.25, -0.2) is 4.39 Å². The van der Waals surface area contributed by atoms with E-state index in [0.29, 0.717) is 6.42 Å². The number of aliphatic hydroxyl groups excluding tert-OH is 1. The molecule has 1 aliphatic heterocycles. The molecule has 1 heterocycles. The molecule has 1 N–H and O–H groups in total. The molecular weight excluding hydrogens is 300 g/mol. The second-order valence-corrected chi connectivity index (χ2v) is 5.57. The Morgan fingerprint density at radius 2 is 2.00 bits per heavy atom. The van der Waals surface area contributed by atoms with Crippen molar-refractivity contribution in [3.05, 3.63) is 29.1 Å². The van der Waals surface area contributed by atoms with E-state index in [-0.39, 0.29) is 29.3 Å². The molecule has 1 aromatic rings. The van der Waals surface area contributed by atoms with Gasteiger partial charge in [0.25, 0.3) is 0 Å². The normalized spacial score (nSPS) is 23.5. The predicted octanol–water partition coefficient (Wildman–Crippen LogP) is 3.29. The number of anilines is 1. The number of aliphatic hydroxyl groups is 1. The highest BCUT2D eigenvalue weighted by Gasteiger charge is 2.49. The van der Waals surface area contributed by atoms with Crippen LogP contribution in [0.25, 0.3) is 0 Å². The summed E-state index contributed by atoms with van der Waals surface area (Å²) in [7, 11) is 0. The van der Waals surface area contributed by atoms with Crippen LogP contribution in [0.3, 0.4) is 0 Å². The van der Waals surface area contributed by atoms with Gasteiger partial charge in [-0.15, -0.1) is 0 Å². The highest BCUT2D eigenvalue weighted by Crippen LogP contribution is 2.38. The average molecular weight is 316 g/mol. The van der Waals surface area contributed by atoms with Crippen LogP contribution >= 0.6 is 0 Å². The van der Waals surface area contributed by atoms with Crippen molar-refractivity contribution in [3.63, 3.8) is 0 Å². The summed E-state index contributed by atoms with van der Waals surface area (Å²) in [6.45, 7) is 3.16. The van der Waals surface area contributed by atoms with Crippen molar-refractivity contribution in [2.45, 2.75) is 51.1 Å². The topological polar surface area (TPSA) is 47.3 Å². The smallest absolute Gasteiger partial charge is 0.382 e. The molecule has 2 rings (SSSR count). The molecule has 3 atom stereocenters. The molecule has 120 valence electrons. The third kappa shape index (κ3) is 2.75. The van der Waals surface area contributed by atoms with Gasteiger partial charge in [0.15, 0.2) is 6.10 Å². The van der Waals surface area contributed by atoms with Crippen LogP contribution in [0.4, 0.5) is 23.2 Å². The minimum atomic E-state index is -4.73. The number of hydrogen-bond acceptors (Lipinski definition) is 3. The number of nitriles is 1. The number of nitrogens with zero attached hydrogens (tertiary/aromatic N) is 2. The fourth-order valence-electron chi connectivity index (χ4n) is 3.00. The third-order valence-corrected chi connectivity index (χ3v) is 4.17. The van der Waals surface area contributed by atoms with Gasteiger partial charge in [-0.2, -0.15) is 18.4 Å². The molecule has 1 saturated heterocycles. The highest BCUT2D eigenvalue weighted by atomic mass is 19.4. The van der Waals surface area contributed by atoms with E-state index in [4.69, 9.17) is 5.26 Å². The molecule has 0 spiro atoms. The molecule has 1 fully saturated rings. The van der Waals surface area contributed by atoms with Crippen LogP contribution in [0.2, 0.25) is 0 Å². The summed E-state index contributed by atoms with van der Waals surface area (Å²) in [5.74, 6) is -0.737. The van der Waals surface area contributed by atoms with Gasteiger partial charge < -0.3 is 10.0 Å². The first-order chi connectivity index (χ1) is 10.2. The van der Waals surface area contributed by atoms with E-state index in [2.05, 4.69) is 0 Å². The Bertz CT molecular complexity index is 609. The maximum Gasteiger partial charge on any atom is 0.416 e. The molecule has 1 aliphatic rings. The lowest BCUT2D eigenvalue weighted by Crippen LogP contribution is -2.49. The first-order valence-electron chi connectivity index (χ1n) is 6.90. The van der Waals surface area contributed by atoms with Crippen molar-refractivity contribution in [2.24, 2.45) is 0 Å². The summed E-state index contributed by atoms with van der Waals surface area (Å²) in [5, 5.41) is 18.4. The molecule has 0 amide bonds. The van der Waals surface area contributed by atoms with Crippen molar-refractivity contribution < 1.29 is 22.7 Å². The Labute approximate surface area is 125 Å². The van der Waals surface area contributed by atoms with Gasteiger partial charge in [-0.3, -0.25) is 0 Å². The number of halogens is 4. The SMILES string of the molecule is Cc1c(N2C(C)CCC2C(O)C(F)(F)F)ccc(C#N)c1F. The lowest BCUT2D eigenvalue weighted by atomic mass is 10.0. The van der Waals surface area contributed by atoms with Crippen molar-refractivity contribution in [3.8, 4) is 6.07 Å². The van der Waals surface area contributed by atoms with E-state index < -0.39 is 24.1 Å². The second-order valence-electron chi connectivity index (χ2n) is 5.57. The van der Waals surface area contributed by atoms with Crippen LogP contribution in [-0.2, 0) is 0 Å². The van der Waals surface area contributed by atoms with Gasteiger partial charge >= 0.3 is 6.18 Å². The van der Waals surface area contributed by atoms with Gasteiger partial charge in [0.05, 0.1) is 11.6 Å². The summed E-state index contributed by atoms with van der Waals surface area (Å²) < 4.78 is 52.5. The van der Waals surface area contributed by atoms with E-state index in [1.54, 1.807) is 13.0 Å². The van der Waals surface area contributed by atoms with Gasteiger partial charge in [0.2, 0.25) is 0 Å². The monoisotopic (exact) mass is 316 g/mol. The lowest BCUT2D eigenvalue weighted by Gasteiger charge is -2.35. The van der Waals surface area contributed by atoms with Gasteiger partial charge in [0, 0.05) is 17.3 Å². The van der Waals surface area contributed by atoms with Crippen LogP contribution in [0.5, 0.6) is 0 Å². The molecule has 0 bridgehead atoms. The Balaban J connectivity index is 2.45. The highest BCUT2D eigenvalue weighted by molar-refractivity contribution is 5.59. The molecule has 0 aromatic heterocycles. The van der Waals surface area contributed by atoms with Crippen LogP contribution < -0.4 is 4.90 Å². The molecule has 1 aromatic carbocycles. The molecule has 3 nitrogen and oxygen atoms in total. The van der Waals surface area contributed by atoms with Crippen LogP contribution in [0.1, 0.15) is 30.9 Å². The van der Waals surface area contributed by atoms with E-state index in [1.807, 2.05) is 0 Å². The fraction of sp³-hybridized carbons (Fsp3) is 0.533. The summed E-state index contributed by atoms with van der Waals surface area (Å²) in [6, 6.07) is 2.98. The maximum atomic E-state index is 14.1. The van der Waals surface area contributed by atoms with Gasteiger partial charge in [-0.05, 0) is 38.8 Å². The maximum absolute atomic E-state index is 14.1. The Morgan fingerprint density at radius 1 is 1.36 bits per heavy atom. The van der Waals surface area contributed by atoms with Gasteiger partial charge in [0.1, 0.15) is 11.9 Å². The molecule has 0 saturated carbocycles. The van der Waals surface area contributed by atoms with E-state index >= 15 is 0 Å². The second kappa shape index (κ2) is 5.76. The summed E-state index contributed by atoms with van der Waals surface area (Å²) in [4.78, 5) is 1.41. The van der Waals surface area contributed by atoms with Gasteiger partial charge in [-0.1, -0.05) is 0 Å². The van der Waals surface area contributed by atoms with Crippen molar-refractivity contribution >= 4 is 5.69 Å². The Morgan fingerprint density at radius 3 is 2.55 bits per heavy atom. The number of hydrogen-bond donors (Lipinski definition) is 1. The summed E-state index contributed by atoms with van der Waals surface area (Å²) in [5.41, 5.74) is 0.253. The minimum absolute atomic E-state index is 0.118. The average Bonchev–Trinajstić information content (AvgIpc) is 2.81. The third-order valence-electron chi connectivity index (χ3n) is 4.17. The minimum Gasteiger partial charge on any atom is -0.382 e. The zero-order chi connectivity index (χ0) is 16.7. The summed E-state index contributed by atoms with van der Waals surface area (Å²) >= 11 is 0. The first kappa shape index (κ1) is 16.6. The Hall–Kier alpha value is -1.81. The number of benzene rings is 1. The number of alkyl halides is 3. The van der Waals surface area contributed by atoms with Crippen molar-refractivity contribution in [1.82, 2.24) is 0 Å². The molecule has 0 aliphatic carbocycles. The summed E-state index contributed by atoms with van der Waals surface area (Å²) in [6.07, 6.45) is -6.58. The molecule has 7 heteroatoms. The molecule has 3 unspecified atom stereocenters. The largest absolute Gasteiger partial charge is 0.416 e. The number of rotatable bonds is 2. The van der Waals surface area contributed by atoms with E-state index in [9.17, 15) is 22.7 Å². The van der Waals surface area contributed by atoms with Crippen molar-refractivity contribution in [2.75, 3.05) is 4.90 Å². The van der Waals surface area contributed by atoms with Crippen molar-refractivity contribution in [1.29, 1.82) is 5.26 Å². The van der Waals surface area contributed by atoms with E-state index in [0.717, 1.165) is 0 Å². The standard InChI is InChI=1S/C15H16F4N2O/c1-8-3-5-12(14(22)15(17,18)19)21(8)11-6-4-10(7-20)13(16)9(11)2/h4,6,8,12,14,22H,3,5H2,1-2H3. The predicted molar refractivity (Wildman–Crippen MR) is 72.9 cm³/mol. The first-order valence-corrected chi connectivity index (χ1v) is 6.90. The zero-order valence-electron chi connectivity index (χ0n) is 12.2.